The van der Waals surface area contributed by atoms with E-state index in [4.69, 9.17) is 5.26 Å². The number of nitrogens with one attached hydrogen (secondary N) is 1. The molecule has 20 heavy (non-hydrogen) atoms. The lowest BCUT2D eigenvalue weighted by Crippen LogP contribution is -2.27. The maximum absolute atomic E-state index is 12.3. The monoisotopic (exact) mass is 269 g/mol. The molecule has 6 heteroatoms. The van der Waals surface area contributed by atoms with Gasteiger partial charge in [-0.25, -0.2) is 4.98 Å². The van der Waals surface area contributed by atoms with E-state index in [2.05, 4.69) is 15.2 Å². The molecular formula is C14H15N5O. The van der Waals surface area contributed by atoms with E-state index in [1.165, 1.54) is 4.90 Å². The molecule has 0 atom stereocenters. The van der Waals surface area contributed by atoms with Gasteiger partial charge in [0.25, 0.3) is 5.91 Å². The molecule has 6 nitrogen and oxygen atoms in total. The van der Waals surface area contributed by atoms with Gasteiger partial charge in [0, 0.05) is 19.2 Å². The second-order valence-corrected chi connectivity index (χ2v) is 4.38. The zero-order chi connectivity index (χ0) is 14.5. The number of carbonyl (C=O) groups excluding carboxylic acids is 1. The summed E-state index contributed by atoms with van der Waals surface area (Å²) in [6.45, 7) is 2.03. The molecule has 0 unspecified atom stereocenters. The van der Waals surface area contributed by atoms with E-state index in [1.54, 1.807) is 31.3 Å². The third-order valence-electron chi connectivity index (χ3n) is 2.88. The number of carbonyl (C=O) groups is 1. The maximum atomic E-state index is 12.3. The van der Waals surface area contributed by atoms with Crippen molar-refractivity contribution in [2.75, 3.05) is 11.9 Å². The van der Waals surface area contributed by atoms with E-state index in [1.807, 2.05) is 13.0 Å². The Morgan fingerprint density at radius 2 is 2.30 bits per heavy atom. The fourth-order valence-electron chi connectivity index (χ4n) is 1.79. The van der Waals surface area contributed by atoms with Crippen LogP contribution in [0.3, 0.4) is 0 Å². The van der Waals surface area contributed by atoms with Gasteiger partial charge in [0.15, 0.2) is 0 Å². The van der Waals surface area contributed by atoms with Crippen molar-refractivity contribution in [1.29, 1.82) is 5.26 Å². The summed E-state index contributed by atoms with van der Waals surface area (Å²) < 4.78 is 0. The van der Waals surface area contributed by atoms with Gasteiger partial charge in [-0.15, -0.1) is 5.10 Å². The molecule has 1 aromatic heterocycles. The lowest BCUT2D eigenvalue weighted by Gasteiger charge is -2.15. The van der Waals surface area contributed by atoms with Gasteiger partial charge >= 0.3 is 0 Å². The van der Waals surface area contributed by atoms with Crippen LogP contribution < -0.4 is 4.90 Å². The number of aromatic amines is 1. The van der Waals surface area contributed by atoms with Crippen LogP contribution >= 0.6 is 0 Å². The van der Waals surface area contributed by atoms with Crippen molar-refractivity contribution < 1.29 is 4.79 Å². The third kappa shape index (κ3) is 2.83. The number of aryl methyl sites for hydroxylation is 1. The largest absolute Gasteiger partial charge is 0.309 e. The quantitative estimate of drug-likeness (QED) is 0.918. The van der Waals surface area contributed by atoms with Gasteiger partial charge in [-0.2, -0.15) is 5.26 Å². The van der Waals surface area contributed by atoms with Gasteiger partial charge < -0.3 is 4.90 Å². The summed E-state index contributed by atoms with van der Waals surface area (Å²) in [6, 6.07) is 8.88. The molecule has 0 aliphatic carbocycles. The topological polar surface area (TPSA) is 85.7 Å². The molecule has 1 heterocycles. The summed E-state index contributed by atoms with van der Waals surface area (Å²) in [6.07, 6.45) is 1.69. The van der Waals surface area contributed by atoms with Gasteiger partial charge in [-0.3, -0.25) is 9.89 Å². The van der Waals surface area contributed by atoms with Crippen LogP contribution in [0.2, 0.25) is 0 Å². The SMILES string of the molecule is CCCc1nc(C(=O)N(C)c2cccc(C#N)c2)n[nH]1. The Labute approximate surface area is 117 Å². The minimum Gasteiger partial charge on any atom is -0.309 e. The van der Waals surface area contributed by atoms with Gasteiger partial charge in [-0.1, -0.05) is 13.0 Å². The van der Waals surface area contributed by atoms with E-state index in [0.29, 0.717) is 17.1 Å². The second kappa shape index (κ2) is 5.97. The average molecular weight is 269 g/mol. The van der Waals surface area contributed by atoms with E-state index >= 15 is 0 Å². The summed E-state index contributed by atoms with van der Waals surface area (Å²) in [5, 5.41) is 15.6. The van der Waals surface area contributed by atoms with Crippen molar-refractivity contribution in [3.8, 4) is 6.07 Å². The van der Waals surface area contributed by atoms with Crippen molar-refractivity contribution in [2.24, 2.45) is 0 Å². The Balaban J connectivity index is 2.20. The number of aromatic nitrogens is 3. The molecule has 0 spiro atoms. The smallest absolute Gasteiger partial charge is 0.297 e. The zero-order valence-corrected chi connectivity index (χ0v) is 11.4. The lowest BCUT2D eigenvalue weighted by molar-refractivity contribution is 0.0983. The molecule has 1 amide bonds. The number of benzene rings is 1. The molecule has 102 valence electrons. The first-order chi connectivity index (χ1) is 9.65. The highest BCUT2D eigenvalue weighted by atomic mass is 16.2. The highest BCUT2D eigenvalue weighted by Gasteiger charge is 2.18. The van der Waals surface area contributed by atoms with Gasteiger partial charge in [0.05, 0.1) is 11.6 Å². The number of rotatable bonds is 4. The number of nitriles is 1. The minimum absolute atomic E-state index is 0.137. The maximum Gasteiger partial charge on any atom is 0.297 e. The van der Waals surface area contributed by atoms with Crippen LogP contribution in [0.15, 0.2) is 24.3 Å². The number of anilines is 1. The van der Waals surface area contributed by atoms with Crippen LogP contribution in [-0.2, 0) is 6.42 Å². The number of nitrogens with zero attached hydrogens (tertiary/aromatic N) is 4. The first kappa shape index (κ1) is 13.7. The summed E-state index contributed by atoms with van der Waals surface area (Å²) in [7, 11) is 1.63. The Morgan fingerprint density at radius 1 is 1.50 bits per heavy atom. The Bertz CT molecular complexity index is 656. The Morgan fingerprint density at radius 3 is 3.00 bits per heavy atom. The van der Waals surface area contributed by atoms with Gasteiger partial charge in [0.2, 0.25) is 5.82 Å². The Kier molecular flexibility index (Phi) is 4.11. The first-order valence-corrected chi connectivity index (χ1v) is 6.35. The molecule has 2 aromatic rings. The molecule has 0 radical (unpaired) electrons. The molecule has 0 saturated carbocycles. The van der Waals surface area contributed by atoms with Gasteiger partial charge in [-0.05, 0) is 24.6 Å². The van der Waals surface area contributed by atoms with Crippen molar-refractivity contribution in [3.63, 3.8) is 0 Å². The van der Waals surface area contributed by atoms with Crippen molar-refractivity contribution in [1.82, 2.24) is 15.2 Å². The van der Waals surface area contributed by atoms with Crippen LogP contribution in [0.4, 0.5) is 5.69 Å². The standard InChI is InChI=1S/C14H15N5O/c1-3-5-12-16-13(18-17-12)14(20)19(2)11-7-4-6-10(8-11)9-15/h4,6-8H,3,5H2,1-2H3,(H,16,17,18). The molecule has 1 N–H and O–H groups in total. The number of hydrogen-bond acceptors (Lipinski definition) is 4. The summed E-state index contributed by atoms with van der Waals surface area (Å²) >= 11 is 0. The number of amides is 1. The van der Waals surface area contributed by atoms with E-state index < -0.39 is 0 Å². The van der Waals surface area contributed by atoms with Crippen molar-refractivity contribution in [3.05, 3.63) is 41.5 Å². The highest BCUT2D eigenvalue weighted by molar-refractivity contribution is 6.03. The number of H-pyrrole nitrogens is 1. The molecule has 2 rings (SSSR count). The fourth-order valence-corrected chi connectivity index (χ4v) is 1.79. The van der Waals surface area contributed by atoms with Crippen LogP contribution in [0, 0.1) is 11.3 Å². The summed E-state index contributed by atoms with van der Waals surface area (Å²) in [5.74, 6) is 0.534. The van der Waals surface area contributed by atoms with Gasteiger partial charge in [0.1, 0.15) is 5.82 Å². The minimum atomic E-state index is -0.307. The first-order valence-electron chi connectivity index (χ1n) is 6.35. The lowest BCUT2D eigenvalue weighted by atomic mass is 10.2. The predicted octanol–water partition coefficient (Wildman–Crippen LogP) is 1.91. The number of hydrogen-bond donors (Lipinski definition) is 1. The Hall–Kier alpha value is -2.68. The zero-order valence-electron chi connectivity index (χ0n) is 11.4. The highest BCUT2D eigenvalue weighted by Crippen LogP contribution is 2.16. The molecule has 1 aromatic carbocycles. The van der Waals surface area contributed by atoms with Crippen LogP contribution in [0.1, 0.15) is 35.4 Å². The molecule has 0 bridgehead atoms. The van der Waals surface area contributed by atoms with Crippen LogP contribution in [0.5, 0.6) is 0 Å². The summed E-state index contributed by atoms with van der Waals surface area (Å²) in [5.41, 5.74) is 1.14. The molecule has 0 aliphatic rings. The molecule has 0 saturated heterocycles. The average Bonchev–Trinajstić information content (AvgIpc) is 2.95. The van der Waals surface area contributed by atoms with E-state index in [9.17, 15) is 4.79 Å². The van der Waals surface area contributed by atoms with E-state index in [0.717, 1.165) is 12.8 Å². The summed E-state index contributed by atoms with van der Waals surface area (Å²) in [4.78, 5) is 17.9. The van der Waals surface area contributed by atoms with Crippen LogP contribution in [0.25, 0.3) is 0 Å². The third-order valence-corrected chi connectivity index (χ3v) is 2.88. The van der Waals surface area contributed by atoms with E-state index in [-0.39, 0.29) is 11.7 Å². The molecule has 0 fully saturated rings. The second-order valence-electron chi connectivity index (χ2n) is 4.38. The predicted molar refractivity (Wildman–Crippen MR) is 74.3 cm³/mol. The van der Waals surface area contributed by atoms with Crippen molar-refractivity contribution in [2.45, 2.75) is 19.8 Å². The van der Waals surface area contributed by atoms with Crippen LogP contribution in [-0.4, -0.2) is 28.1 Å². The molecular weight excluding hydrogens is 254 g/mol. The fraction of sp³-hybridized carbons (Fsp3) is 0.286. The van der Waals surface area contributed by atoms with Crippen molar-refractivity contribution >= 4 is 11.6 Å². The normalized spacial score (nSPS) is 10.1. The molecule has 0 aliphatic heterocycles.